The van der Waals surface area contributed by atoms with Gasteiger partial charge in [0.1, 0.15) is 5.75 Å². The summed E-state index contributed by atoms with van der Waals surface area (Å²) in [5.74, 6) is 0.0612. The highest BCUT2D eigenvalue weighted by molar-refractivity contribution is 7.80. The molecule has 1 fully saturated rings. The zero-order valence-electron chi connectivity index (χ0n) is 24.2. The zero-order chi connectivity index (χ0) is 30.0. The molecule has 0 spiro atoms. The fourth-order valence-electron chi connectivity index (χ4n) is 5.47. The molecule has 216 valence electrons. The van der Waals surface area contributed by atoms with Gasteiger partial charge in [-0.3, -0.25) is 9.78 Å². The van der Waals surface area contributed by atoms with Gasteiger partial charge in [-0.15, -0.1) is 0 Å². The molecular weight excluding hydrogens is 550 g/mol. The summed E-state index contributed by atoms with van der Waals surface area (Å²) in [6.45, 7) is 5.94. The Bertz CT molecular complexity index is 1630. The summed E-state index contributed by atoms with van der Waals surface area (Å²) in [5, 5.41) is 6.95. The Kier molecular flexibility index (Phi) is 8.26. The van der Waals surface area contributed by atoms with Crippen LogP contribution >= 0.6 is 12.2 Å². The Hall–Kier alpha value is -4.70. The maximum absolute atomic E-state index is 12.1. The summed E-state index contributed by atoms with van der Waals surface area (Å²) in [5.41, 5.74) is 6.81. The van der Waals surface area contributed by atoms with E-state index in [1.165, 1.54) is 7.11 Å². The van der Waals surface area contributed by atoms with Crippen LogP contribution in [-0.2, 0) is 9.53 Å². The maximum Gasteiger partial charge on any atom is 0.337 e. The molecule has 0 saturated carbocycles. The van der Waals surface area contributed by atoms with Gasteiger partial charge < -0.3 is 29.6 Å². The van der Waals surface area contributed by atoms with Gasteiger partial charge in [0.25, 0.3) is 0 Å². The largest absolute Gasteiger partial charge is 0.494 e. The molecule has 1 aliphatic heterocycles. The predicted molar refractivity (Wildman–Crippen MR) is 166 cm³/mol. The lowest BCUT2D eigenvalue weighted by Gasteiger charge is -2.29. The van der Waals surface area contributed by atoms with Crippen LogP contribution < -0.4 is 20.3 Å². The molecule has 0 aliphatic carbocycles. The summed E-state index contributed by atoms with van der Waals surface area (Å²) in [4.78, 5) is 30.8. The van der Waals surface area contributed by atoms with Gasteiger partial charge in [-0.2, -0.15) is 0 Å². The van der Waals surface area contributed by atoms with Crippen LogP contribution in [0.4, 0.5) is 11.4 Å². The first-order valence-electron chi connectivity index (χ1n) is 13.6. The average Bonchev–Trinajstić information content (AvgIpc) is 3.51. The van der Waals surface area contributed by atoms with Crippen LogP contribution in [-0.4, -0.2) is 40.8 Å². The van der Waals surface area contributed by atoms with Crippen molar-refractivity contribution in [2.45, 2.75) is 39.3 Å². The summed E-state index contributed by atoms with van der Waals surface area (Å²) < 4.78 is 12.7. The van der Waals surface area contributed by atoms with Crippen LogP contribution in [0.2, 0.25) is 0 Å². The number of nitrogens with one attached hydrogen (secondary N) is 2. The topological polar surface area (TPSA) is 97.7 Å². The highest BCUT2D eigenvalue weighted by Crippen LogP contribution is 2.45. The Morgan fingerprint density at radius 2 is 1.76 bits per heavy atom. The number of carbonyl (C=O) groups excluding carboxylic acids is 2. The first kappa shape index (κ1) is 28.8. The van der Waals surface area contributed by atoms with Gasteiger partial charge in [-0.1, -0.05) is 13.0 Å². The highest BCUT2D eigenvalue weighted by Gasteiger charge is 2.42. The van der Waals surface area contributed by atoms with E-state index >= 15 is 0 Å². The number of nitrogens with zero attached hydrogens (tertiary/aromatic N) is 3. The van der Waals surface area contributed by atoms with Gasteiger partial charge in [0, 0.05) is 41.4 Å². The molecule has 5 rings (SSSR count). The molecule has 2 aromatic carbocycles. The zero-order valence-corrected chi connectivity index (χ0v) is 25.0. The number of esters is 1. The number of hydrogen-bond acceptors (Lipinski definition) is 6. The first-order chi connectivity index (χ1) is 20.3. The standard InChI is InChI=1S/C32H33N5O4S/c1-6-28(38)34-25-15-14-23(18-27(25)40-4)37-30(29(35-32(37)42)26-9-7-8-16-33-26)24-17-19(2)36(20(24)3)22-12-10-21(11-13-22)31(39)41-5/h7-18,29-30H,6H2,1-5H3,(H,34,38)(H,35,42). The quantitative estimate of drug-likeness (QED) is 0.198. The molecule has 2 N–H and O–H groups in total. The minimum Gasteiger partial charge on any atom is -0.494 e. The van der Waals surface area contributed by atoms with Crippen molar-refractivity contribution >= 4 is 40.6 Å². The first-order valence-corrected chi connectivity index (χ1v) is 14.0. The minimum atomic E-state index is -0.377. The van der Waals surface area contributed by atoms with E-state index < -0.39 is 0 Å². The summed E-state index contributed by atoms with van der Waals surface area (Å²) in [6.07, 6.45) is 2.14. The van der Waals surface area contributed by atoms with Crippen molar-refractivity contribution in [2.24, 2.45) is 0 Å². The summed E-state index contributed by atoms with van der Waals surface area (Å²) >= 11 is 5.93. The van der Waals surface area contributed by atoms with Crippen molar-refractivity contribution in [1.29, 1.82) is 0 Å². The highest BCUT2D eigenvalue weighted by atomic mass is 32.1. The number of ether oxygens (including phenoxy) is 2. The van der Waals surface area contributed by atoms with Crippen LogP contribution in [0.25, 0.3) is 5.69 Å². The normalized spacial score (nSPS) is 16.2. The molecule has 2 atom stereocenters. The number of pyridine rings is 1. The van der Waals surface area contributed by atoms with E-state index in [2.05, 4.69) is 45.0 Å². The van der Waals surface area contributed by atoms with Crippen LogP contribution in [0.5, 0.6) is 5.75 Å². The van der Waals surface area contributed by atoms with Crippen molar-refractivity contribution < 1.29 is 19.1 Å². The van der Waals surface area contributed by atoms with Crippen molar-refractivity contribution in [2.75, 3.05) is 24.4 Å². The molecule has 10 heteroatoms. The third-order valence-corrected chi connectivity index (χ3v) is 7.81. The van der Waals surface area contributed by atoms with Crippen molar-refractivity contribution in [1.82, 2.24) is 14.9 Å². The Morgan fingerprint density at radius 1 is 1.02 bits per heavy atom. The Labute approximate surface area is 250 Å². The van der Waals surface area contributed by atoms with Gasteiger partial charge in [0.15, 0.2) is 5.11 Å². The number of methoxy groups -OCH3 is 2. The Balaban J connectivity index is 1.62. The monoisotopic (exact) mass is 583 g/mol. The van der Waals surface area contributed by atoms with Crippen LogP contribution in [0, 0.1) is 13.8 Å². The molecule has 9 nitrogen and oxygen atoms in total. The molecule has 2 aromatic heterocycles. The van der Waals surface area contributed by atoms with Crippen LogP contribution in [0.1, 0.15) is 58.4 Å². The average molecular weight is 584 g/mol. The molecular formula is C32H33N5O4S. The molecule has 42 heavy (non-hydrogen) atoms. The fourth-order valence-corrected chi connectivity index (χ4v) is 5.82. The smallest absolute Gasteiger partial charge is 0.337 e. The lowest BCUT2D eigenvalue weighted by Crippen LogP contribution is -2.29. The minimum absolute atomic E-state index is 0.0976. The van der Waals surface area contributed by atoms with E-state index in [-0.39, 0.29) is 24.0 Å². The molecule has 3 heterocycles. The molecule has 0 radical (unpaired) electrons. The number of rotatable bonds is 8. The molecule has 0 bridgehead atoms. The number of hydrogen-bond donors (Lipinski definition) is 2. The van der Waals surface area contributed by atoms with Gasteiger partial charge in [0.05, 0.1) is 43.2 Å². The second kappa shape index (κ2) is 12.0. The lowest BCUT2D eigenvalue weighted by molar-refractivity contribution is -0.115. The fraction of sp³-hybridized carbons (Fsp3) is 0.250. The van der Waals surface area contributed by atoms with E-state index in [4.69, 9.17) is 21.7 Å². The predicted octanol–water partition coefficient (Wildman–Crippen LogP) is 5.81. The lowest BCUT2D eigenvalue weighted by atomic mass is 9.96. The second-order valence-electron chi connectivity index (χ2n) is 9.98. The van der Waals surface area contributed by atoms with E-state index in [1.807, 2.05) is 48.5 Å². The van der Waals surface area contributed by atoms with Crippen molar-refractivity contribution in [3.8, 4) is 11.4 Å². The third-order valence-electron chi connectivity index (χ3n) is 7.49. The van der Waals surface area contributed by atoms with Crippen LogP contribution in [0.15, 0.2) is 72.9 Å². The maximum atomic E-state index is 12.1. The number of carbonyl (C=O) groups is 2. The molecule has 1 aliphatic rings. The SMILES string of the molecule is CCC(=O)Nc1ccc(N2C(=S)NC(c3ccccn3)C2c2cc(C)n(-c3ccc(C(=O)OC)cc3)c2C)cc1OC. The van der Waals surface area contributed by atoms with E-state index in [1.54, 1.807) is 32.4 Å². The summed E-state index contributed by atoms with van der Waals surface area (Å²) in [7, 11) is 2.95. The van der Waals surface area contributed by atoms with Crippen molar-refractivity contribution in [3.05, 3.63) is 101 Å². The third kappa shape index (κ3) is 5.33. The molecule has 1 amide bonds. The number of anilines is 2. The molecule has 2 unspecified atom stereocenters. The van der Waals surface area contributed by atoms with E-state index in [0.717, 1.165) is 34.0 Å². The van der Waals surface area contributed by atoms with Crippen LogP contribution in [0.3, 0.4) is 0 Å². The number of aryl methyl sites for hydroxylation is 1. The number of benzene rings is 2. The van der Waals surface area contributed by atoms with E-state index in [9.17, 15) is 9.59 Å². The second-order valence-corrected chi connectivity index (χ2v) is 10.4. The number of aromatic nitrogens is 2. The summed E-state index contributed by atoms with van der Waals surface area (Å²) in [6, 6.07) is 20.5. The van der Waals surface area contributed by atoms with Gasteiger partial charge in [-0.25, -0.2) is 4.79 Å². The van der Waals surface area contributed by atoms with Crippen molar-refractivity contribution in [3.63, 3.8) is 0 Å². The van der Waals surface area contributed by atoms with E-state index in [0.29, 0.717) is 28.5 Å². The number of thiocarbonyl (C=S) groups is 1. The Morgan fingerprint density at radius 3 is 2.40 bits per heavy atom. The number of amides is 1. The van der Waals surface area contributed by atoms with Gasteiger partial charge in [-0.05, 0) is 86.2 Å². The van der Waals surface area contributed by atoms with Gasteiger partial charge in [0.2, 0.25) is 5.91 Å². The molecule has 1 saturated heterocycles. The van der Waals surface area contributed by atoms with Gasteiger partial charge >= 0.3 is 5.97 Å². The molecule has 4 aromatic rings.